The van der Waals surface area contributed by atoms with E-state index in [1.807, 2.05) is 0 Å². The predicted molar refractivity (Wildman–Crippen MR) is 73.4 cm³/mol. The van der Waals surface area contributed by atoms with Gasteiger partial charge in [0.05, 0.1) is 5.69 Å². The number of hydrogen-bond donors (Lipinski definition) is 2. The zero-order chi connectivity index (χ0) is 14.7. The van der Waals surface area contributed by atoms with E-state index >= 15 is 0 Å². The third-order valence-corrected chi connectivity index (χ3v) is 2.96. The van der Waals surface area contributed by atoms with E-state index in [0.717, 1.165) is 6.07 Å². The van der Waals surface area contributed by atoms with Crippen molar-refractivity contribution in [2.45, 2.75) is 13.5 Å². The lowest BCUT2D eigenvalue weighted by Gasteiger charge is -2.09. The van der Waals surface area contributed by atoms with Crippen molar-refractivity contribution in [3.05, 3.63) is 64.7 Å². The summed E-state index contributed by atoms with van der Waals surface area (Å²) in [4.78, 5) is 12.0. The molecule has 1 amide bonds. The van der Waals surface area contributed by atoms with Gasteiger partial charge in [0.1, 0.15) is 11.6 Å². The summed E-state index contributed by atoms with van der Waals surface area (Å²) in [6.45, 7) is 1.90. The molecule has 0 atom stereocenters. The van der Waals surface area contributed by atoms with E-state index in [0.29, 0.717) is 11.1 Å². The number of nitrogens with two attached hydrogens (primary N) is 1. The summed E-state index contributed by atoms with van der Waals surface area (Å²) in [5, 5.41) is 2.42. The first-order chi connectivity index (χ1) is 9.51. The summed E-state index contributed by atoms with van der Waals surface area (Å²) in [6.07, 6.45) is 0. The number of hydrogen-bond acceptors (Lipinski definition) is 2. The fraction of sp³-hybridized carbons (Fsp3) is 0.133. The molecule has 3 N–H and O–H groups in total. The molecule has 0 spiro atoms. The van der Waals surface area contributed by atoms with E-state index in [1.54, 1.807) is 13.0 Å². The molecule has 2 aromatic carbocycles. The van der Waals surface area contributed by atoms with Crippen molar-refractivity contribution in [2.75, 3.05) is 5.32 Å². The molecule has 104 valence electrons. The summed E-state index contributed by atoms with van der Waals surface area (Å²) in [5.41, 5.74) is 6.85. The lowest BCUT2D eigenvalue weighted by molar-refractivity contribution is 0.102. The summed E-state index contributed by atoms with van der Waals surface area (Å²) >= 11 is 0. The highest BCUT2D eigenvalue weighted by molar-refractivity contribution is 6.05. The maximum atomic E-state index is 13.7. The van der Waals surface area contributed by atoms with Crippen molar-refractivity contribution in [1.29, 1.82) is 0 Å². The van der Waals surface area contributed by atoms with E-state index in [-0.39, 0.29) is 17.8 Å². The molecule has 0 aliphatic carbocycles. The monoisotopic (exact) mass is 276 g/mol. The van der Waals surface area contributed by atoms with Gasteiger partial charge in [0.25, 0.3) is 5.91 Å². The largest absolute Gasteiger partial charge is 0.326 e. The van der Waals surface area contributed by atoms with Crippen molar-refractivity contribution in [3.8, 4) is 0 Å². The van der Waals surface area contributed by atoms with Crippen LogP contribution in [0.5, 0.6) is 0 Å². The molecule has 0 aromatic heterocycles. The Kier molecular flexibility index (Phi) is 4.10. The normalized spacial score (nSPS) is 10.4. The lowest BCUT2D eigenvalue weighted by atomic mass is 10.1. The van der Waals surface area contributed by atoms with Crippen LogP contribution >= 0.6 is 0 Å². The molecule has 0 aliphatic heterocycles. The first-order valence-electron chi connectivity index (χ1n) is 6.07. The molecule has 0 saturated heterocycles. The number of carbonyl (C=O) groups excluding carboxylic acids is 1. The van der Waals surface area contributed by atoms with Crippen LogP contribution in [0.3, 0.4) is 0 Å². The van der Waals surface area contributed by atoms with Crippen LogP contribution in [0.1, 0.15) is 21.5 Å². The molecule has 0 heterocycles. The third-order valence-electron chi connectivity index (χ3n) is 2.96. The Morgan fingerprint density at radius 3 is 2.60 bits per heavy atom. The Labute approximate surface area is 115 Å². The van der Waals surface area contributed by atoms with Gasteiger partial charge in [-0.3, -0.25) is 4.79 Å². The minimum atomic E-state index is -0.574. The number of aryl methyl sites for hydroxylation is 1. The van der Waals surface area contributed by atoms with Crippen molar-refractivity contribution < 1.29 is 13.6 Å². The number of amides is 1. The van der Waals surface area contributed by atoms with E-state index in [4.69, 9.17) is 5.73 Å². The van der Waals surface area contributed by atoms with Crippen molar-refractivity contribution >= 4 is 11.6 Å². The van der Waals surface area contributed by atoms with Crippen LogP contribution in [0.2, 0.25) is 0 Å². The molecule has 0 bridgehead atoms. The molecule has 0 unspecified atom stereocenters. The second kappa shape index (κ2) is 5.79. The van der Waals surface area contributed by atoms with E-state index in [1.165, 1.54) is 24.3 Å². The minimum Gasteiger partial charge on any atom is -0.326 e. The van der Waals surface area contributed by atoms with E-state index in [9.17, 15) is 13.6 Å². The van der Waals surface area contributed by atoms with Gasteiger partial charge in [-0.2, -0.15) is 0 Å². The first kappa shape index (κ1) is 14.1. The van der Waals surface area contributed by atoms with Crippen LogP contribution in [0.15, 0.2) is 36.4 Å². The van der Waals surface area contributed by atoms with Crippen LogP contribution in [-0.2, 0) is 6.54 Å². The van der Waals surface area contributed by atoms with Gasteiger partial charge in [-0.05, 0) is 42.3 Å². The maximum absolute atomic E-state index is 13.7. The van der Waals surface area contributed by atoms with Crippen molar-refractivity contribution in [1.82, 2.24) is 0 Å². The Morgan fingerprint density at radius 2 is 1.95 bits per heavy atom. The molecular formula is C15H14F2N2O. The van der Waals surface area contributed by atoms with Gasteiger partial charge < -0.3 is 11.1 Å². The fourth-order valence-corrected chi connectivity index (χ4v) is 1.82. The highest BCUT2D eigenvalue weighted by atomic mass is 19.1. The zero-order valence-corrected chi connectivity index (χ0v) is 10.9. The summed E-state index contributed by atoms with van der Waals surface area (Å²) in [7, 11) is 0. The van der Waals surface area contributed by atoms with Crippen LogP contribution in [0.4, 0.5) is 14.5 Å². The topological polar surface area (TPSA) is 55.1 Å². The van der Waals surface area contributed by atoms with Crippen LogP contribution in [0, 0.1) is 18.6 Å². The molecule has 0 aliphatic rings. The van der Waals surface area contributed by atoms with Crippen LogP contribution in [-0.4, -0.2) is 5.91 Å². The average molecular weight is 276 g/mol. The van der Waals surface area contributed by atoms with Gasteiger partial charge in [-0.25, -0.2) is 8.78 Å². The Balaban J connectivity index is 2.25. The number of halogens is 2. The summed E-state index contributed by atoms with van der Waals surface area (Å²) < 4.78 is 26.9. The number of nitrogens with one attached hydrogen (secondary N) is 1. The Morgan fingerprint density at radius 1 is 1.20 bits per heavy atom. The predicted octanol–water partition coefficient (Wildman–Crippen LogP) is 2.98. The summed E-state index contributed by atoms with van der Waals surface area (Å²) in [5.74, 6) is -1.64. The van der Waals surface area contributed by atoms with Crippen LogP contribution < -0.4 is 11.1 Å². The standard InChI is InChI=1S/C15H14F2N2O/c1-9-2-4-11(16)7-12(9)15(20)19-14-5-3-10(8-18)6-13(14)17/h2-7H,8,18H2,1H3,(H,19,20). The molecule has 2 aromatic rings. The number of carbonyl (C=O) groups is 1. The van der Waals surface area contributed by atoms with Gasteiger partial charge >= 0.3 is 0 Å². The average Bonchev–Trinajstić information content (AvgIpc) is 2.43. The molecule has 3 nitrogen and oxygen atoms in total. The van der Waals surface area contributed by atoms with Gasteiger partial charge in [0, 0.05) is 12.1 Å². The Hall–Kier alpha value is -2.27. The summed E-state index contributed by atoms with van der Waals surface area (Å²) in [6, 6.07) is 8.20. The minimum absolute atomic E-state index is 0.0378. The second-order valence-corrected chi connectivity index (χ2v) is 4.43. The molecule has 0 fully saturated rings. The molecule has 5 heteroatoms. The highest BCUT2D eigenvalue weighted by Crippen LogP contribution is 2.18. The van der Waals surface area contributed by atoms with Crippen LogP contribution in [0.25, 0.3) is 0 Å². The van der Waals surface area contributed by atoms with Gasteiger partial charge in [0.15, 0.2) is 0 Å². The number of benzene rings is 2. The van der Waals surface area contributed by atoms with E-state index in [2.05, 4.69) is 5.32 Å². The number of rotatable bonds is 3. The zero-order valence-electron chi connectivity index (χ0n) is 10.9. The molecule has 0 saturated carbocycles. The van der Waals surface area contributed by atoms with Crippen molar-refractivity contribution in [3.63, 3.8) is 0 Å². The second-order valence-electron chi connectivity index (χ2n) is 4.43. The molecule has 20 heavy (non-hydrogen) atoms. The fourth-order valence-electron chi connectivity index (χ4n) is 1.82. The third kappa shape index (κ3) is 3.00. The van der Waals surface area contributed by atoms with Crippen molar-refractivity contribution in [2.24, 2.45) is 5.73 Å². The molecule has 2 rings (SSSR count). The molecule has 0 radical (unpaired) electrons. The SMILES string of the molecule is Cc1ccc(F)cc1C(=O)Nc1ccc(CN)cc1F. The highest BCUT2D eigenvalue weighted by Gasteiger charge is 2.12. The lowest BCUT2D eigenvalue weighted by Crippen LogP contribution is -2.15. The number of anilines is 1. The van der Waals surface area contributed by atoms with E-state index < -0.39 is 17.5 Å². The van der Waals surface area contributed by atoms with Gasteiger partial charge in [-0.15, -0.1) is 0 Å². The molecular weight excluding hydrogens is 262 g/mol. The van der Waals surface area contributed by atoms with Gasteiger partial charge in [-0.1, -0.05) is 12.1 Å². The first-order valence-corrected chi connectivity index (χ1v) is 6.07. The maximum Gasteiger partial charge on any atom is 0.256 e. The smallest absolute Gasteiger partial charge is 0.256 e. The Bertz CT molecular complexity index is 656. The van der Waals surface area contributed by atoms with Gasteiger partial charge in [0.2, 0.25) is 0 Å². The quantitative estimate of drug-likeness (QED) is 0.905.